The van der Waals surface area contributed by atoms with E-state index in [-0.39, 0.29) is 12.0 Å². The Labute approximate surface area is 73.2 Å². The van der Waals surface area contributed by atoms with Crippen LogP contribution in [0.15, 0.2) is 9.59 Å². The standard InChI is InChI=1S/C7H11N3O3/c11-4-7(1-2-7)3-10-5(12)8-9-6(10)13/h11H,1-4H2,(H,8,12)(H,9,13). The van der Waals surface area contributed by atoms with Crippen molar-refractivity contribution < 1.29 is 5.11 Å². The molecule has 1 aromatic heterocycles. The maximum atomic E-state index is 11.1. The Hall–Kier alpha value is -1.30. The number of aliphatic hydroxyl groups is 1. The predicted molar refractivity (Wildman–Crippen MR) is 44.4 cm³/mol. The summed E-state index contributed by atoms with van der Waals surface area (Å²) in [4.78, 5) is 22.1. The molecule has 6 heteroatoms. The Balaban J connectivity index is 2.28. The molecule has 0 atom stereocenters. The van der Waals surface area contributed by atoms with Gasteiger partial charge in [0, 0.05) is 12.0 Å². The molecule has 0 unspecified atom stereocenters. The number of aliphatic hydroxyl groups excluding tert-OH is 1. The van der Waals surface area contributed by atoms with E-state index in [4.69, 9.17) is 5.11 Å². The van der Waals surface area contributed by atoms with E-state index in [0.717, 1.165) is 17.4 Å². The molecule has 1 aromatic rings. The summed E-state index contributed by atoms with van der Waals surface area (Å²) in [6.07, 6.45) is 1.75. The van der Waals surface area contributed by atoms with Crippen LogP contribution in [0.3, 0.4) is 0 Å². The normalized spacial score (nSPS) is 18.8. The first-order valence-corrected chi connectivity index (χ1v) is 4.15. The molecule has 1 aliphatic carbocycles. The van der Waals surface area contributed by atoms with Crippen molar-refractivity contribution in [1.82, 2.24) is 14.8 Å². The van der Waals surface area contributed by atoms with E-state index in [1.165, 1.54) is 0 Å². The second-order valence-electron chi connectivity index (χ2n) is 3.60. The van der Waals surface area contributed by atoms with Crippen LogP contribution in [0, 0.1) is 5.41 Å². The minimum absolute atomic E-state index is 0.0318. The van der Waals surface area contributed by atoms with Gasteiger partial charge in [0.15, 0.2) is 0 Å². The summed E-state index contributed by atoms with van der Waals surface area (Å²) in [5.41, 5.74) is -1.10. The molecule has 0 aromatic carbocycles. The van der Waals surface area contributed by atoms with Crippen LogP contribution >= 0.6 is 0 Å². The molecule has 0 radical (unpaired) electrons. The fraction of sp³-hybridized carbons (Fsp3) is 0.714. The number of rotatable bonds is 3. The first kappa shape index (κ1) is 8.31. The summed E-state index contributed by atoms with van der Waals surface area (Å²) >= 11 is 0. The Morgan fingerprint density at radius 3 is 2.23 bits per heavy atom. The van der Waals surface area contributed by atoms with Crippen molar-refractivity contribution in [1.29, 1.82) is 0 Å². The van der Waals surface area contributed by atoms with Gasteiger partial charge >= 0.3 is 11.4 Å². The van der Waals surface area contributed by atoms with Gasteiger partial charge in [-0.15, -0.1) is 0 Å². The molecular weight excluding hydrogens is 174 g/mol. The molecule has 6 nitrogen and oxygen atoms in total. The molecule has 0 amide bonds. The van der Waals surface area contributed by atoms with Crippen molar-refractivity contribution in [2.24, 2.45) is 5.41 Å². The Kier molecular flexibility index (Phi) is 1.66. The van der Waals surface area contributed by atoms with Crippen LogP contribution in [-0.4, -0.2) is 26.5 Å². The van der Waals surface area contributed by atoms with Crippen LogP contribution in [-0.2, 0) is 6.54 Å². The molecule has 1 saturated carbocycles. The van der Waals surface area contributed by atoms with E-state index in [2.05, 4.69) is 10.2 Å². The van der Waals surface area contributed by atoms with Crippen LogP contribution in [0.25, 0.3) is 0 Å². The zero-order valence-electron chi connectivity index (χ0n) is 7.04. The van der Waals surface area contributed by atoms with Crippen molar-refractivity contribution in [3.8, 4) is 0 Å². The molecule has 0 saturated heterocycles. The van der Waals surface area contributed by atoms with E-state index in [9.17, 15) is 9.59 Å². The van der Waals surface area contributed by atoms with Crippen LogP contribution in [0.1, 0.15) is 12.8 Å². The van der Waals surface area contributed by atoms with Gasteiger partial charge in [0.2, 0.25) is 0 Å². The Morgan fingerprint density at radius 2 is 1.85 bits per heavy atom. The summed E-state index contributed by atoms with van der Waals surface area (Å²) < 4.78 is 1.09. The SMILES string of the molecule is O=c1[nH][nH]c(=O)n1CC1(CO)CC1. The van der Waals surface area contributed by atoms with E-state index in [1.54, 1.807) is 0 Å². The molecule has 72 valence electrons. The molecular formula is C7H11N3O3. The van der Waals surface area contributed by atoms with Gasteiger partial charge in [-0.1, -0.05) is 0 Å². The number of aromatic amines is 2. The first-order valence-electron chi connectivity index (χ1n) is 4.15. The Bertz CT molecular complexity index is 382. The molecule has 0 aliphatic heterocycles. The molecule has 13 heavy (non-hydrogen) atoms. The predicted octanol–water partition coefficient (Wildman–Crippen LogP) is -1.36. The van der Waals surface area contributed by atoms with Crippen molar-refractivity contribution in [3.63, 3.8) is 0 Å². The van der Waals surface area contributed by atoms with Gasteiger partial charge in [-0.3, -0.25) is 0 Å². The Morgan fingerprint density at radius 1 is 1.31 bits per heavy atom. The zero-order valence-corrected chi connectivity index (χ0v) is 7.04. The third-order valence-corrected chi connectivity index (χ3v) is 2.55. The summed E-state index contributed by atoms with van der Waals surface area (Å²) in [5, 5.41) is 13.4. The van der Waals surface area contributed by atoms with Crippen LogP contribution in [0.4, 0.5) is 0 Å². The largest absolute Gasteiger partial charge is 0.396 e. The number of aromatic nitrogens is 3. The summed E-state index contributed by atoms with van der Waals surface area (Å²) in [5.74, 6) is 0. The molecule has 1 heterocycles. The highest BCUT2D eigenvalue weighted by Crippen LogP contribution is 2.45. The quantitative estimate of drug-likeness (QED) is 0.543. The number of nitrogens with zero attached hydrogens (tertiary/aromatic N) is 1. The van der Waals surface area contributed by atoms with Crippen molar-refractivity contribution in [2.45, 2.75) is 19.4 Å². The fourth-order valence-electron chi connectivity index (χ4n) is 1.36. The van der Waals surface area contributed by atoms with Gasteiger partial charge in [0.05, 0.1) is 6.61 Å². The second-order valence-corrected chi connectivity index (χ2v) is 3.60. The van der Waals surface area contributed by atoms with Crippen molar-refractivity contribution in [3.05, 3.63) is 21.0 Å². The summed E-state index contributed by atoms with van der Waals surface area (Å²) in [7, 11) is 0. The lowest BCUT2D eigenvalue weighted by Gasteiger charge is -2.09. The zero-order chi connectivity index (χ0) is 9.47. The van der Waals surface area contributed by atoms with E-state index >= 15 is 0 Å². The monoisotopic (exact) mass is 185 g/mol. The number of hydrogen-bond acceptors (Lipinski definition) is 3. The lowest BCUT2D eigenvalue weighted by atomic mass is 10.1. The third kappa shape index (κ3) is 1.33. The first-order chi connectivity index (χ1) is 6.17. The van der Waals surface area contributed by atoms with E-state index < -0.39 is 11.4 Å². The molecule has 0 spiro atoms. The molecule has 2 rings (SSSR count). The smallest absolute Gasteiger partial charge is 0.344 e. The maximum Gasteiger partial charge on any atom is 0.344 e. The van der Waals surface area contributed by atoms with Crippen molar-refractivity contribution in [2.75, 3.05) is 6.61 Å². The van der Waals surface area contributed by atoms with E-state index in [0.29, 0.717) is 6.54 Å². The molecule has 0 bridgehead atoms. The maximum absolute atomic E-state index is 11.1. The number of nitrogens with one attached hydrogen (secondary N) is 2. The molecule has 1 fully saturated rings. The van der Waals surface area contributed by atoms with Gasteiger partial charge < -0.3 is 5.11 Å². The number of hydrogen-bond donors (Lipinski definition) is 3. The van der Waals surface area contributed by atoms with Gasteiger partial charge in [-0.05, 0) is 12.8 Å². The van der Waals surface area contributed by atoms with Gasteiger partial charge in [-0.2, -0.15) is 0 Å². The highest BCUT2D eigenvalue weighted by Gasteiger charge is 2.43. The van der Waals surface area contributed by atoms with Crippen LogP contribution < -0.4 is 11.4 Å². The van der Waals surface area contributed by atoms with Crippen LogP contribution in [0.2, 0.25) is 0 Å². The highest BCUT2D eigenvalue weighted by atomic mass is 16.3. The molecule has 1 aliphatic rings. The third-order valence-electron chi connectivity index (χ3n) is 2.55. The fourth-order valence-corrected chi connectivity index (χ4v) is 1.36. The number of H-pyrrole nitrogens is 2. The highest BCUT2D eigenvalue weighted by molar-refractivity contribution is 4.93. The van der Waals surface area contributed by atoms with Gasteiger partial charge in [-0.25, -0.2) is 24.4 Å². The lowest BCUT2D eigenvalue weighted by molar-refractivity contribution is 0.192. The van der Waals surface area contributed by atoms with Crippen LogP contribution in [0.5, 0.6) is 0 Å². The lowest BCUT2D eigenvalue weighted by Crippen LogP contribution is -2.31. The molecule has 3 N–H and O–H groups in total. The average Bonchev–Trinajstić information content (AvgIpc) is 2.84. The summed E-state index contributed by atoms with van der Waals surface area (Å²) in [6.45, 7) is 0.339. The average molecular weight is 185 g/mol. The van der Waals surface area contributed by atoms with Gasteiger partial charge in [0.25, 0.3) is 0 Å². The topological polar surface area (TPSA) is 90.9 Å². The van der Waals surface area contributed by atoms with Crippen molar-refractivity contribution >= 4 is 0 Å². The van der Waals surface area contributed by atoms with E-state index in [1.807, 2.05) is 0 Å². The minimum Gasteiger partial charge on any atom is -0.396 e. The summed E-state index contributed by atoms with van der Waals surface area (Å²) in [6, 6.07) is 0. The minimum atomic E-state index is -0.440. The van der Waals surface area contributed by atoms with Gasteiger partial charge in [0.1, 0.15) is 0 Å². The second kappa shape index (κ2) is 2.59.